The molecule has 6 nitrogen and oxygen atoms in total. The van der Waals surface area contributed by atoms with E-state index in [0.717, 1.165) is 6.07 Å². The molecule has 21 heavy (non-hydrogen) atoms. The number of rotatable bonds is 4. The highest BCUT2D eigenvalue weighted by molar-refractivity contribution is 5.54. The van der Waals surface area contributed by atoms with Crippen molar-refractivity contribution >= 4 is 11.4 Å². The Morgan fingerprint density at radius 2 is 1.86 bits per heavy atom. The summed E-state index contributed by atoms with van der Waals surface area (Å²) in [4.78, 5) is 9.86. The van der Waals surface area contributed by atoms with Crippen molar-refractivity contribution in [2.75, 3.05) is 5.32 Å². The fraction of sp³-hybridized carbons (Fsp3) is 0.143. The Bertz CT molecular complexity index is 670. The van der Waals surface area contributed by atoms with Gasteiger partial charge < -0.3 is 15.5 Å². The van der Waals surface area contributed by atoms with Gasteiger partial charge in [0.05, 0.1) is 28.3 Å². The topological polar surface area (TPSA) is 95.6 Å². The van der Waals surface area contributed by atoms with E-state index in [4.69, 9.17) is 0 Å². The molecular formula is C14H13FN2O4. The zero-order chi connectivity index (χ0) is 15.6. The van der Waals surface area contributed by atoms with Gasteiger partial charge in [-0.1, -0.05) is 6.07 Å². The van der Waals surface area contributed by atoms with Crippen LogP contribution in [0.2, 0.25) is 0 Å². The molecule has 0 saturated heterocycles. The SMILES string of the molecule is CC(Nc1ccc([N+](=O)[O-])cc1F)c1c(O)cccc1O. The van der Waals surface area contributed by atoms with E-state index in [1.807, 2.05) is 0 Å². The number of nitro groups is 1. The molecular weight excluding hydrogens is 279 g/mol. The van der Waals surface area contributed by atoms with Crippen molar-refractivity contribution in [1.29, 1.82) is 0 Å². The molecule has 0 aliphatic rings. The number of hydrogen-bond acceptors (Lipinski definition) is 5. The minimum absolute atomic E-state index is 0.0377. The molecule has 0 radical (unpaired) electrons. The van der Waals surface area contributed by atoms with Crippen LogP contribution in [0.15, 0.2) is 36.4 Å². The van der Waals surface area contributed by atoms with Gasteiger partial charge in [0, 0.05) is 6.07 Å². The van der Waals surface area contributed by atoms with Crippen molar-refractivity contribution in [3.63, 3.8) is 0 Å². The van der Waals surface area contributed by atoms with Crippen LogP contribution in [0.5, 0.6) is 11.5 Å². The number of phenols is 2. The van der Waals surface area contributed by atoms with Gasteiger partial charge in [0.2, 0.25) is 0 Å². The van der Waals surface area contributed by atoms with E-state index >= 15 is 0 Å². The highest BCUT2D eigenvalue weighted by Crippen LogP contribution is 2.34. The maximum absolute atomic E-state index is 13.8. The number of phenolic OH excluding ortho intramolecular Hbond substituents is 2. The number of halogens is 1. The highest BCUT2D eigenvalue weighted by Gasteiger charge is 2.17. The van der Waals surface area contributed by atoms with Crippen molar-refractivity contribution in [1.82, 2.24) is 0 Å². The van der Waals surface area contributed by atoms with Crippen molar-refractivity contribution in [3.8, 4) is 11.5 Å². The van der Waals surface area contributed by atoms with E-state index in [1.165, 1.54) is 30.3 Å². The average Bonchev–Trinajstić information content (AvgIpc) is 2.40. The van der Waals surface area contributed by atoms with Crippen molar-refractivity contribution in [2.45, 2.75) is 13.0 Å². The third-order valence-electron chi connectivity index (χ3n) is 3.03. The van der Waals surface area contributed by atoms with Crippen LogP contribution in [-0.2, 0) is 0 Å². The van der Waals surface area contributed by atoms with Crippen LogP contribution >= 0.6 is 0 Å². The van der Waals surface area contributed by atoms with Gasteiger partial charge in [-0.05, 0) is 25.1 Å². The average molecular weight is 292 g/mol. The summed E-state index contributed by atoms with van der Waals surface area (Å²) in [7, 11) is 0. The monoisotopic (exact) mass is 292 g/mol. The van der Waals surface area contributed by atoms with Gasteiger partial charge in [-0.15, -0.1) is 0 Å². The van der Waals surface area contributed by atoms with E-state index in [-0.39, 0.29) is 28.4 Å². The van der Waals surface area contributed by atoms with E-state index in [0.29, 0.717) is 0 Å². The fourth-order valence-electron chi connectivity index (χ4n) is 2.02. The first-order chi connectivity index (χ1) is 9.90. The van der Waals surface area contributed by atoms with Crippen LogP contribution in [-0.4, -0.2) is 15.1 Å². The van der Waals surface area contributed by atoms with Crippen molar-refractivity contribution in [3.05, 3.63) is 57.9 Å². The number of anilines is 1. The van der Waals surface area contributed by atoms with E-state index in [1.54, 1.807) is 6.92 Å². The number of nitrogens with zero attached hydrogens (tertiary/aromatic N) is 1. The molecule has 1 atom stereocenters. The van der Waals surface area contributed by atoms with Crippen LogP contribution in [0, 0.1) is 15.9 Å². The molecule has 2 rings (SSSR count). The largest absolute Gasteiger partial charge is 0.507 e. The zero-order valence-electron chi connectivity index (χ0n) is 11.1. The van der Waals surface area contributed by atoms with Crippen molar-refractivity contribution in [2.24, 2.45) is 0 Å². The lowest BCUT2D eigenvalue weighted by molar-refractivity contribution is -0.385. The Morgan fingerprint density at radius 3 is 2.38 bits per heavy atom. The Balaban J connectivity index is 2.28. The first-order valence-corrected chi connectivity index (χ1v) is 6.11. The van der Waals surface area contributed by atoms with Gasteiger partial charge in [-0.3, -0.25) is 10.1 Å². The molecule has 0 amide bonds. The zero-order valence-corrected chi connectivity index (χ0v) is 11.1. The summed E-state index contributed by atoms with van der Waals surface area (Å²) in [5, 5.41) is 32.8. The lowest BCUT2D eigenvalue weighted by Gasteiger charge is -2.18. The Kier molecular flexibility index (Phi) is 3.93. The lowest BCUT2D eigenvalue weighted by Crippen LogP contribution is -2.08. The summed E-state index contributed by atoms with van der Waals surface area (Å²) >= 11 is 0. The van der Waals surface area contributed by atoms with Crippen LogP contribution in [0.3, 0.4) is 0 Å². The second kappa shape index (κ2) is 5.66. The number of aromatic hydroxyl groups is 2. The molecule has 0 bridgehead atoms. The van der Waals surface area contributed by atoms with Crippen molar-refractivity contribution < 1.29 is 19.5 Å². The molecule has 1 unspecified atom stereocenters. The molecule has 7 heteroatoms. The first-order valence-electron chi connectivity index (χ1n) is 6.11. The summed E-state index contributed by atoms with van der Waals surface area (Å²) in [6.07, 6.45) is 0. The van der Waals surface area contributed by atoms with Crippen LogP contribution in [0.4, 0.5) is 15.8 Å². The number of benzene rings is 2. The number of nitro benzene ring substituents is 1. The molecule has 110 valence electrons. The quantitative estimate of drug-likeness (QED) is 0.593. The summed E-state index contributed by atoms with van der Waals surface area (Å²) < 4.78 is 13.8. The molecule has 2 aromatic carbocycles. The van der Waals surface area contributed by atoms with Gasteiger partial charge in [-0.2, -0.15) is 0 Å². The minimum atomic E-state index is -0.786. The predicted molar refractivity (Wildman–Crippen MR) is 74.9 cm³/mol. The number of hydrogen-bond donors (Lipinski definition) is 3. The second-order valence-electron chi connectivity index (χ2n) is 4.50. The normalized spacial score (nSPS) is 11.9. The molecule has 0 heterocycles. The molecule has 0 saturated carbocycles. The third kappa shape index (κ3) is 3.02. The fourth-order valence-corrected chi connectivity index (χ4v) is 2.02. The summed E-state index contributed by atoms with van der Waals surface area (Å²) in [5.74, 6) is -1.04. The number of nitrogens with one attached hydrogen (secondary N) is 1. The maximum Gasteiger partial charge on any atom is 0.272 e. The highest BCUT2D eigenvalue weighted by atomic mass is 19.1. The summed E-state index contributed by atoms with van der Waals surface area (Å²) in [6.45, 7) is 1.62. The summed E-state index contributed by atoms with van der Waals surface area (Å²) in [5.41, 5.74) is -0.0953. The van der Waals surface area contributed by atoms with Gasteiger partial charge in [0.1, 0.15) is 11.5 Å². The van der Waals surface area contributed by atoms with Gasteiger partial charge in [0.15, 0.2) is 5.82 Å². The Labute approximate surface area is 119 Å². The Morgan fingerprint density at radius 1 is 1.24 bits per heavy atom. The summed E-state index contributed by atoms with van der Waals surface area (Å²) in [6, 6.07) is 6.90. The van der Waals surface area contributed by atoms with E-state index in [9.17, 15) is 24.7 Å². The third-order valence-corrected chi connectivity index (χ3v) is 3.03. The van der Waals surface area contributed by atoms with Gasteiger partial charge in [0.25, 0.3) is 5.69 Å². The lowest BCUT2D eigenvalue weighted by atomic mass is 10.1. The molecule has 0 fully saturated rings. The standard InChI is InChI=1S/C14H13FN2O4/c1-8(14-12(18)3-2-4-13(14)19)16-11-6-5-9(17(20)21)7-10(11)15/h2-8,16,18-19H,1H3. The predicted octanol–water partition coefficient (Wildman–Crippen LogP) is 3.32. The molecule has 0 aliphatic carbocycles. The minimum Gasteiger partial charge on any atom is -0.507 e. The molecule has 2 aromatic rings. The van der Waals surface area contributed by atoms with Crippen LogP contribution in [0.1, 0.15) is 18.5 Å². The van der Waals surface area contributed by atoms with E-state index < -0.39 is 16.8 Å². The molecule has 0 spiro atoms. The molecule has 0 aliphatic heterocycles. The second-order valence-corrected chi connectivity index (χ2v) is 4.50. The first kappa shape index (κ1) is 14.6. The van der Waals surface area contributed by atoms with Gasteiger partial charge >= 0.3 is 0 Å². The van der Waals surface area contributed by atoms with Crippen LogP contribution < -0.4 is 5.32 Å². The number of non-ortho nitro benzene ring substituents is 1. The maximum atomic E-state index is 13.8. The van der Waals surface area contributed by atoms with Gasteiger partial charge in [-0.25, -0.2) is 4.39 Å². The van der Waals surface area contributed by atoms with Crippen LogP contribution in [0.25, 0.3) is 0 Å². The smallest absolute Gasteiger partial charge is 0.272 e. The van der Waals surface area contributed by atoms with E-state index in [2.05, 4.69) is 5.32 Å². The Hall–Kier alpha value is -2.83. The molecule has 0 aromatic heterocycles. The molecule has 3 N–H and O–H groups in total.